The summed E-state index contributed by atoms with van der Waals surface area (Å²) in [5, 5.41) is 0. The number of hydrogen-bond acceptors (Lipinski definition) is 4. The number of para-hydroxylation sites is 2. The quantitative estimate of drug-likeness (QED) is 0.106. The molecule has 0 aromatic heterocycles. The fourth-order valence-corrected chi connectivity index (χ4v) is 3.87. The molecule has 2 aromatic rings. The Labute approximate surface area is 199 Å². The van der Waals surface area contributed by atoms with Gasteiger partial charge in [-0.2, -0.15) is 0 Å². The minimum Gasteiger partial charge on any atom is -0.426 e. The molecule has 0 bridgehead atoms. The number of benzene rings is 2. The van der Waals surface area contributed by atoms with Crippen LogP contribution in [0, 0.1) is 5.92 Å². The molecule has 0 amide bonds. The minimum atomic E-state index is -0.923. The molecule has 4 nitrogen and oxygen atoms in total. The molecule has 0 aliphatic heterocycles. The number of unbranched alkanes of at least 4 members (excludes halogenated alkanes) is 11. The zero-order chi connectivity index (χ0) is 23.6. The predicted molar refractivity (Wildman–Crippen MR) is 133 cm³/mol. The van der Waals surface area contributed by atoms with Gasteiger partial charge in [-0.3, -0.25) is 9.59 Å². The number of esters is 2. The lowest BCUT2D eigenvalue weighted by Crippen LogP contribution is -2.31. The van der Waals surface area contributed by atoms with Crippen molar-refractivity contribution < 1.29 is 19.1 Å². The Balaban J connectivity index is 1.72. The van der Waals surface area contributed by atoms with Gasteiger partial charge >= 0.3 is 11.9 Å². The van der Waals surface area contributed by atoms with E-state index in [9.17, 15) is 9.59 Å². The van der Waals surface area contributed by atoms with E-state index in [-0.39, 0.29) is 0 Å². The lowest BCUT2D eigenvalue weighted by molar-refractivity contribution is -0.151. The largest absolute Gasteiger partial charge is 0.426 e. The number of hydrogen-bond donors (Lipinski definition) is 0. The van der Waals surface area contributed by atoms with Gasteiger partial charge in [-0.15, -0.1) is 0 Å². The highest BCUT2D eigenvalue weighted by Crippen LogP contribution is 2.20. The number of rotatable bonds is 17. The van der Waals surface area contributed by atoms with Gasteiger partial charge < -0.3 is 9.47 Å². The van der Waals surface area contributed by atoms with Crippen LogP contribution in [0.5, 0.6) is 11.5 Å². The molecule has 0 atom stereocenters. The van der Waals surface area contributed by atoms with Crippen LogP contribution in [0.1, 0.15) is 90.4 Å². The van der Waals surface area contributed by atoms with Gasteiger partial charge in [0.25, 0.3) is 0 Å². The van der Waals surface area contributed by atoms with Gasteiger partial charge in [-0.1, -0.05) is 120 Å². The molecule has 0 spiro atoms. The second kappa shape index (κ2) is 16.9. The summed E-state index contributed by atoms with van der Waals surface area (Å²) in [6, 6.07) is 17.7. The van der Waals surface area contributed by atoms with Crippen molar-refractivity contribution in [2.24, 2.45) is 5.92 Å². The van der Waals surface area contributed by atoms with Crippen LogP contribution in [0.3, 0.4) is 0 Å². The fourth-order valence-electron chi connectivity index (χ4n) is 3.87. The van der Waals surface area contributed by atoms with Gasteiger partial charge in [0, 0.05) is 0 Å². The Morgan fingerprint density at radius 1 is 0.576 bits per heavy atom. The molecule has 0 fully saturated rings. The minimum absolute atomic E-state index is 0.439. The van der Waals surface area contributed by atoms with E-state index >= 15 is 0 Å². The van der Waals surface area contributed by atoms with Crippen LogP contribution in [0.25, 0.3) is 0 Å². The van der Waals surface area contributed by atoms with Crippen molar-refractivity contribution >= 4 is 11.9 Å². The van der Waals surface area contributed by atoms with Crippen molar-refractivity contribution in [2.45, 2.75) is 90.4 Å². The number of carbonyl (C=O) groups is 2. The molecule has 33 heavy (non-hydrogen) atoms. The predicted octanol–water partition coefficient (Wildman–Crippen LogP) is 7.91. The Kier molecular flexibility index (Phi) is 13.7. The molecule has 0 N–H and O–H groups in total. The Bertz CT molecular complexity index is 719. The van der Waals surface area contributed by atoms with Gasteiger partial charge in [0.2, 0.25) is 0 Å². The lowest BCUT2D eigenvalue weighted by atomic mass is 9.99. The third kappa shape index (κ3) is 11.7. The summed E-state index contributed by atoms with van der Waals surface area (Å²) in [6.07, 6.45) is 15.3. The number of ether oxygens (including phenoxy) is 2. The highest BCUT2D eigenvalue weighted by molar-refractivity contribution is 5.96. The maximum Gasteiger partial charge on any atom is 0.325 e. The standard InChI is InChI=1S/C29H40O4/c1-2-3-4-5-6-7-8-9-10-11-12-19-24-27(28(30)32-25-20-15-13-16-21-25)29(31)33-26-22-17-14-18-23-26/h13-18,20-23,27H,2-12,19,24H2,1H3. The smallest absolute Gasteiger partial charge is 0.325 e. The fraction of sp³-hybridized carbons (Fsp3) is 0.517. The van der Waals surface area contributed by atoms with E-state index in [1.807, 2.05) is 12.1 Å². The molecule has 0 unspecified atom stereocenters. The molecule has 0 heterocycles. The molecule has 0 aliphatic rings. The molecule has 0 saturated carbocycles. The van der Waals surface area contributed by atoms with Crippen molar-refractivity contribution in [1.29, 1.82) is 0 Å². The van der Waals surface area contributed by atoms with E-state index in [0.29, 0.717) is 17.9 Å². The van der Waals surface area contributed by atoms with Crippen molar-refractivity contribution in [3.05, 3.63) is 60.7 Å². The van der Waals surface area contributed by atoms with Gasteiger partial charge in [0.1, 0.15) is 11.5 Å². The Morgan fingerprint density at radius 3 is 1.33 bits per heavy atom. The molecular weight excluding hydrogens is 412 g/mol. The Hall–Kier alpha value is -2.62. The average Bonchev–Trinajstić information content (AvgIpc) is 2.83. The summed E-state index contributed by atoms with van der Waals surface area (Å²) in [7, 11) is 0. The van der Waals surface area contributed by atoms with Crippen LogP contribution in [0.4, 0.5) is 0 Å². The van der Waals surface area contributed by atoms with E-state index in [1.54, 1.807) is 48.5 Å². The van der Waals surface area contributed by atoms with E-state index in [0.717, 1.165) is 19.3 Å². The molecule has 4 heteroatoms. The number of carbonyl (C=O) groups excluding carboxylic acids is 2. The van der Waals surface area contributed by atoms with Crippen LogP contribution >= 0.6 is 0 Å². The SMILES string of the molecule is CCCCCCCCCCCCCCC(C(=O)Oc1ccccc1)C(=O)Oc1ccccc1. The van der Waals surface area contributed by atoms with Crippen LogP contribution in [0.2, 0.25) is 0 Å². The second-order valence-electron chi connectivity index (χ2n) is 8.70. The normalized spacial score (nSPS) is 10.8. The van der Waals surface area contributed by atoms with Gasteiger partial charge in [0.05, 0.1) is 0 Å². The molecule has 180 valence electrons. The van der Waals surface area contributed by atoms with Crippen molar-refractivity contribution in [3.8, 4) is 11.5 Å². The second-order valence-corrected chi connectivity index (χ2v) is 8.70. The van der Waals surface area contributed by atoms with E-state index < -0.39 is 17.9 Å². The summed E-state index contributed by atoms with van der Waals surface area (Å²) in [6.45, 7) is 2.25. The van der Waals surface area contributed by atoms with Crippen LogP contribution in [-0.2, 0) is 9.59 Å². The van der Waals surface area contributed by atoms with Crippen LogP contribution in [0.15, 0.2) is 60.7 Å². The third-order valence-electron chi connectivity index (χ3n) is 5.84. The summed E-state index contributed by atoms with van der Waals surface area (Å²) >= 11 is 0. The molecule has 2 rings (SSSR count). The summed E-state index contributed by atoms with van der Waals surface area (Å²) < 4.78 is 10.9. The summed E-state index contributed by atoms with van der Waals surface area (Å²) in [5.41, 5.74) is 0. The van der Waals surface area contributed by atoms with E-state index in [2.05, 4.69) is 6.92 Å². The highest BCUT2D eigenvalue weighted by Gasteiger charge is 2.30. The molecule has 2 aromatic carbocycles. The van der Waals surface area contributed by atoms with Crippen LogP contribution < -0.4 is 9.47 Å². The molecular formula is C29H40O4. The first-order chi connectivity index (χ1) is 16.2. The van der Waals surface area contributed by atoms with Crippen LogP contribution in [-0.4, -0.2) is 11.9 Å². The van der Waals surface area contributed by atoms with Gasteiger partial charge in [0.15, 0.2) is 5.92 Å². The van der Waals surface area contributed by atoms with Crippen molar-refractivity contribution in [2.75, 3.05) is 0 Å². The van der Waals surface area contributed by atoms with Gasteiger partial charge in [-0.25, -0.2) is 0 Å². The Morgan fingerprint density at radius 2 is 0.939 bits per heavy atom. The lowest BCUT2D eigenvalue weighted by Gasteiger charge is -2.15. The first kappa shape index (κ1) is 26.6. The summed E-state index contributed by atoms with van der Waals surface area (Å²) in [4.78, 5) is 25.5. The first-order valence-electron chi connectivity index (χ1n) is 12.7. The molecule has 0 radical (unpaired) electrons. The first-order valence-corrected chi connectivity index (χ1v) is 12.7. The zero-order valence-electron chi connectivity index (χ0n) is 20.2. The monoisotopic (exact) mass is 452 g/mol. The highest BCUT2D eigenvalue weighted by atomic mass is 16.6. The van der Waals surface area contributed by atoms with Gasteiger partial charge in [-0.05, 0) is 30.7 Å². The average molecular weight is 453 g/mol. The maximum absolute atomic E-state index is 12.8. The van der Waals surface area contributed by atoms with Crippen molar-refractivity contribution in [1.82, 2.24) is 0 Å². The third-order valence-corrected chi connectivity index (χ3v) is 5.84. The summed E-state index contributed by atoms with van der Waals surface area (Å²) in [5.74, 6) is -1.15. The maximum atomic E-state index is 12.8. The van der Waals surface area contributed by atoms with E-state index in [1.165, 1.54) is 57.8 Å². The molecule has 0 aliphatic carbocycles. The zero-order valence-corrected chi connectivity index (χ0v) is 20.2. The molecule has 0 saturated heterocycles. The van der Waals surface area contributed by atoms with E-state index in [4.69, 9.17) is 9.47 Å². The van der Waals surface area contributed by atoms with Crippen molar-refractivity contribution in [3.63, 3.8) is 0 Å². The topological polar surface area (TPSA) is 52.6 Å².